The van der Waals surface area contributed by atoms with Crippen LogP contribution in [0.15, 0.2) is 162 Å². The first-order valence-corrected chi connectivity index (χ1v) is 15.0. The maximum absolute atomic E-state index is 6.70. The van der Waals surface area contributed by atoms with Gasteiger partial charge in [-0.05, 0) is 69.8 Å². The number of para-hydroxylation sites is 2. The van der Waals surface area contributed by atoms with Gasteiger partial charge in [-0.25, -0.2) is 0 Å². The Bertz CT molecular complexity index is 2110. The molecule has 0 amide bonds. The summed E-state index contributed by atoms with van der Waals surface area (Å²) in [5, 5.41) is 2.29. The average Bonchev–Trinajstić information content (AvgIpc) is 3.71. The van der Waals surface area contributed by atoms with Crippen molar-refractivity contribution in [3.63, 3.8) is 0 Å². The molecule has 6 aromatic carbocycles. The SMILES string of the molecule is c1ccc(-c2cc(-c3ccccc3)cc(-c3ccc(-c4cccc5c4oc4c(-c6ccccc6)cccc45)s3)c2)cc1. The van der Waals surface area contributed by atoms with E-state index in [1.165, 1.54) is 37.6 Å². The number of hydrogen-bond donors (Lipinski definition) is 0. The minimum Gasteiger partial charge on any atom is -0.455 e. The van der Waals surface area contributed by atoms with E-state index in [2.05, 4.69) is 152 Å². The van der Waals surface area contributed by atoms with Crippen molar-refractivity contribution < 1.29 is 4.42 Å². The maximum Gasteiger partial charge on any atom is 0.144 e. The molecule has 1 nitrogen and oxygen atoms in total. The summed E-state index contributed by atoms with van der Waals surface area (Å²) >= 11 is 1.81. The van der Waals surface area contributed by atoms with E-state index < -0.39 is 0 Å². The van der Waals surface area contributed by atoms with Crippen LogP contribution in [0.2, 0.25) is 0 Å². The zero-order valence-corrected chi connectivity index (χ0v) is 23.6. The van der Waals surface area contributed by atoms with Gasteiger partial charge in [0.1, 0.15) is 11.2 Å². The lowest BCUT2D eigenvalue weighted by Gasteiger charge is -2.10. The minimum atomic E-state index is 0.936. The lowest BCUT2D eigenvalue weighted by atomic mass is 9.95. The quantitative estimate of drug-likeness (QED) is 0.206. The van der Waals surface area contributed by atoms with Crippen molar-refractivity contribution in [1.29, 1.82) is 0 Å². The van der Waals surface area contributed by atoms with E-state index in [0.717, 1.165) is 38.6 Å². The number of fused-ring (bicyclic) bond motifs is 3. The molecule has 0 saturated heterocycles. The highest BCUT2D eigenvalue weighted by atomic mass is 32.1. The first kappa shape index (κ1) is 24.6. The fraction of sp³-hybridized carbons (Fsp3) is 0. The van der Waals surface area contributed by atoms with Crippen LogP contribution < -0.4 is 0 Å². The van der Waals surface area contributed by atoms with Crippen molar-refractivity contribution in [2.24, 2.45) is 0 Å². The van der Waals surface area contributed by atoms with Gasteiger partial charge in [-0.15, -0.1) is 11.3 Å². The summed E-state index contributed by atoms with van der Waals surface area (Å²) < 4.78 is 6.70. The van der Waals surface area contributed by atoms with Crippen LogP contribution >= 0.6 is 11.3 Å². The molecule has 2 heterocycles. The van der Waals surface area contributed by atoms with Crippen LogP contribution in [0.4, 0.5) is 0 Å². The van der Waals surface area contributed by atoms with Crippen LogP contribution in [0.1, 0.15) is 0 Å². The summed E-state index contributed by atoms with van der Waals surface area (Å²) in [6.45, 7) is 0. The molecule has 8 aromatic rings. The molecule has 0 N–H and O–H groups in total. The Balaban J connectivity index is 1.26. The Morgan fingerprint density at radius 3 is 1.40 bits per heavy atom. The van der Waals surface area contributed by atoms with Crippen LogP contribution in [0.5, 0.6) is 0 Å². The molecule has 8 rings (SSSR count). The monoisotopic (exact) mass is 554 g/mol. The van der Waals surface area contributed by atoms with E-state index in [1.54, 1.807) is 0 Å². The third kappa shape index (κ3) is 4.34. The van der Waals surface area contributed by atoms with Gasteiger partial charge in [0.2, 0.25) is 0 Å². The maximum atomic E-state index is 6.70. The lowest BCUT2D eigenvalue weighted by molar-refractivity contribution is 0.671. The third-order valence-corrected chi connectivity index (χ3v) is 9.08. The molecule has 2 heteroatoms. The van der Waals surface area contributed by atoms with Crippen molar-refractivity contribution in [2.75, 3.05) is 0 Å². The first-order chi connectivity index (χ1) is 20.8. The second-order valence-corrected chi connectivity index (χ2v) is 11.6. The molecule has 2 aromatic heterocycles. The molecular formula is C40H26OS. The molecule has 42 heavy (non-hydrogen) atoms. The van der Waals surface area contributed by atoms with Gasteiger partial charge in [0.25, 0.3) is 0 Å². The smallest absolute Gasteiger partial charge is 0.144 e. The van der Waals surface area contributed by atoms with E-state index in [1.807, 2.05) is 17.4 Å². The zero-order chi connectivity index (χ0) is 27.9. The van der Waals surface area contributed by atoms with Gasteiger partial charge < -0.3 is 4.42 Å². The summed E-state index contributed by atoms with van der Waals surface area (Å²) in [4.78, 5) is 2.43. The summed E-state index contributed by atoms with van der Waals surface area (Å²) in [5.74, 6) is 0. The molecule has 0 fully saturated rings. The van der Waals surface area contributed by atoms with E-state index >= 15 is 0 Å². The average molecular weight is 555 g/mol. The molecule has 0 radical (unpaired) electrons. The minimum absolute atomic E-state index is 0.936. The van der Waals surface area contributed by atoms with Crippen molar-refractivity contribution in [3.8, 4) is 54.3 Å². The fourth-order valence-electron chi connectivity index (χ4n) is 5.86. The molecule has 0 aliphatic heterocycles. The van der Waals surface area contributed by atoms with Crippen LogP contribution in [0.25, 0.3) is 76.2 Å². The van der Waals surface area contributed by atoms with Crippen LogP contribution in [-0.2, 0) is 0 Å². The second-order valence-electron chi connectivity index (χ2n) is 10.5. The first-order valence-electron chi connectivity index (χ1n) is 14.2. The third-order valence-electron chi connectivity index (χ3n) is 7.91. The number of hydrogen-bond acceptors (Lipinski definition) is 2. The van der Waals surface area contributed by atoms with Crippen molar-refractivity contribution in [1.82, 2.24) is 0 Å². The molecule has 0 aliphatic rings. The van der Waals surface area contributed by atoms with Crippen molar-refractivity contribution >= 4 is 33.3 Å². The highest BCUT2D eigenvalue weighted by Gasteiger charge is 2.17. The largest absolute Gasteiger partial charge is 0.455 e. The summed E-state index contributed by atoms with van der Waals surface area (Å²) in [7, 11) is 0. The number of rotatable bonds is 5. The Kier molecular flexibility index (Phi) is 6.05. The standard InChI is InChI=1S/C40H26OS/c1-4-12-27(13-5-1)30-24-31(28-14-6-2-7-15-28)26-32(25-30)37-22-23-38(42-37)36-21-11-20-35-34-19-10-18-33(39(34)41-40(35)36)29-16-8-3-9-17-29/h1-26H. The van der Waals surface area contributed by atoms with Gasteiger partial charge >= 0.3 is 0 Å². The summed E-state index contributed by atoms with van der Waals surface area (Å²) in [5.41, 5.74) is 11.4. The highest BCUT2D eigenvalue weighted by Crippen LogP contribution is 2.43. The van der Waals surface area contributed by atoms with E-state index in [0.29, 0.717) is 0 Å². The molecule has 198 valence electrons. The van der Waals surface area contributed by atoms with Gasteiger partial charge in [0.05, 0.1) is 0 Å². The van der Waals surface area contributed by atoms with Gasteiger partial charge in [-0.3, -0.25) is 0 Å². The number of furan rings is 1. The van der Waals surface area contributed by atoms with Crippen LogP contribution in [-0.4, -0.2) is 0 Å². The molecule has 0 atom stereocenters. The Labute approximate surface area is 249 Å². The van der Waals surface area contributed by atoms with E-state index in [-0.39, 0.29) is 0 Å². The van der Waals surface area contributed by atoms with E-state index in [9.17, 15) is 0 Å². The Hall–Kier alpha value is -5.18. The highest BCUT2D eigenvalue weighted by molar-refractivity contribution is 7.18. The normalized spacial score (nSPS) is 11.3. The second kappa shape index (κ2) is 10.3. The molecule has 0 aliphatic carbocycles. The molecule has 0 unspecified atom stereocenters. The Morgan fingerprint density at radius 1 is 0.333 bits per heavy atom. The predicted octanol–water partition coefficient (Wildman–Crippen LogP) is 12.0. The van der Waals surface area contributed by atoms with Crippen LogP contribution in [0, 0.1) is 0 Å². The number of thiophene rings is 1. The molecule has 0 saturated carbocycles. The topological polar surface area (TPSA) is 13.1 Å². The van der Waals surface area contributed by atoms with E-state index in [4.69, 9.17) is 4.42 Å². The predicted molar refractivity (Wildman–Crippen MR) is 179 cm³/mol. The van der Waals surface area contributed by atoms with Gasteiger partial charge in [-0.1, -0.05) is 121 Å². The molecular weight excluding hydrogens is 529 g/mol. The zero-order valence-electron chi connectivity index (χ0n) is 22.8. The van der Waals surface area contributed by atoms with Crippen LogP contribution in [0.3, 0.4) is 0 Å². The number of benzene rings is 6. The molecule has 0 bridgehead atoms. The van der Waals surface area contributed by atoms with Crippen molar-refractivity contribution in [2.45, 2.75) is 0 Å². The van der Waals surface area contributed by atoms with Crippen molar-refractivity contribution in [3.05, 3.63) is 158 Å². The summed E-state index contributed by atoms with van der Waals surface area (Å²) in [6.07, 6.45) is 0. The lowest BCUT2D eigenvalue weighted by Crippen LogP contribution is -1.84. The Morgan fingerprint density at radius 2 is 0.810 bits per heavy atom. The summed E-state index contributed by atoms with van der Waals surface area (Å²) in [6, 6.07) is 56.1. The van der Waals surface area contributed by atoms with Gasteiger partial charge in [-0.2, -0.15) is 0 Å². The molecule has 0 spiro atoms. The van der Waals surface area contributed by atoms with Gasteiger partial charge in [0, 0.05) is 31.7 Å². The fourth-order valence-corrected chi connectivity index (χ4v) is 6.88. The van der Waals surface area contributed by atoms with Gasteiger partial charge in [0.15, 0.2) is 0 Å².